The summed E-state index contributed by atoms with van der Waals surface area (Å²) in [6, 6.07) is 15.1. The number of hydrogen-bond donors (Lipinski definition) is 1. The van der Waals surface area contributed by atoms with Crippen LogP contribution >= 0.6 is 0 Å². The number of pyridine rings is 1. The van der Waals surface area contributed by atoms with Gasteiger partial charge in [-0.2, -0.15) is 4.98 Å². The molecule has 0 bridgehead atoms. The van der Waals surface area contributed by atoms with Gasteiger partial charge in [0.25, 0.3) is 5.91 Å². The first-order valence-corrected chi connectivity index (χ1v) is 8.72. The smallest absolute Gasteiger partial charge is 0.255 e. The third kappa shape index (κ3) is 3.31. The van der Waals surface area contributed by atoms with Crippen molar-refractivity contribution in [2.45, 2.75) is 20.8 Å². The summed E-state index contributed by atoms with van der Waals surface area (Å²) in [5, 5.41) is 2.99. The van der Waals surface area contributed by atoms with Crippen LogP contribution in [0.2, 0.25) is 0 Å². The van der Waals surface area contributed by atoms with Gasteiger partial charge in [0, 0.05) is 23.0 Å². The fourth-order valence-corrected chi connectivity index (χ4v) is 2.86. The van der Waals surface area contributed by atoms with E-state index >= 15 is 0 Å². The maximum atomic E-state index is 12.7. The highest BCUT2D eigenvalue weighted by Crippen LogP contribution is 2.27. The number of amides is 1. The van der Waals surface area contributed by atoms with Gasteiger partial charge in [0.05, 0.1) is 0 Å². The molecule has 0 aliphatic heterocycles. The van der Waals surface area contributed by atoms with Crippen LogP contribution in [0.1, 0.15) is 27.0 Å². The van der Waals surface area contributed by atoms with Crippen LogP contribution in [0, 0.1) is 20.8 Å². The highest BCUT2D eigenvalue weighted by atomic mass is 16.3. The third-order valence-corrected chi connectivity index (χ3v) is 4.67. The van der Waals surface area contributed by atoms with E-state index in [9.17, 15) is 4.79 Å². The molecule has 1 N–H and O–H groups in total. The van der Waals surface area contributed by atoms with Gasteiger partial charge in [-0.15, -0.1) is 0 Å². The average molecular weight is 357 g/mol. The Balaban J connectivity index is 1.66. The van der Waals surface area contributed by atoms with Crippen molar-refractivity contribution in [3.63, 3.8) is 0 Å². The topological polar surface area (TPSA) is 68.0 Å². The summed E-state index contributed by atoms with van der Waals surface area (Å²) in [4.78, 5) is 21.3. The number of benzene rings is 2. The highest BCUT2D eigenvalue weighted by Gasteiger charge is 2.13. The molecule has 4 rings (SSSR count). The first-order valence-electron chi connectivity index (χ1n) is 8.72. The summed E-state index contributed by atoms with van der Waals surface area (Å²) in [6.45, 7) is 5.98. The zero-order valence-corrected chi connectivity index (χ0v) is 15.4. The van der Waals surface area contributed by atoms with E-state index in [0.717, 1.165) is 27.9 Å². The molecule has 27 heavy (non-hydrogen) atoms. The average Bonchev–Trinajstić information content (AvgIpc) is 3.10. The Labute approximate surface area is 157 Å². The second kappa shape index (κ2) is 6.68. The number of rotatable bonds is 3. The molecule has 1 amide bonds. The van der Waals surface area contributed by atoms with Gasteiger partial charge < -0.3 is 9.73 Å². The Morgan fingerprint density at radius 3 is 2.56 bits per heavy atom. The summed E-state index contributed by atoms with van der Waals surface area (Å²) in [5.74, 6) is 0.336. The molecule has 0 atom stereocenters. The maximum absolute atomic E-state index is 12.7. The van der Waals surface area contributed by atoms with Gasteiger partial charge in [0.1, 0.15) is 0 Å². The molecule has 0 aliphatic rings. The molecule has 0 radical (unpaired) electrons. The van der Waals surface area contributed by atoms with Crippen LogP contribution in [0.25, 0.3) is 22.7 Å². The van der Waals surface area contributed by atoms with E-state index in [2.05, 4.69) is 15.3 Å². The van der Waals surface area contributed by atoms with E-state index in [4.69, 9.17) is 4.42 Å². The fourth-order valence-electron chi connectivity index (χ4n) is 2.86. The van der Waals surface area contributed by atoms with Crippen molar-refractivity contribution in [1.29, 1.82) is 0 Å². The zero-order chi connectivity index (χ0) is 19.0. The standard InChI is InChI=1S/C22H19N3O2/c1-13-6-8-16(11-15(13)3)21(26)24-18-12-17(9-7-14(18)2)22-25-20-19(27-22)5-4-10-23-20/h4-12H,1-3H3,(H,24,26). The lowest BCUT2D eigenvalue weighted by molar-refractivity contribution is 0.102. The number of nitrogens with one attached hydrogen (secondary N) is 1. The number of hydrogen-bond acceptors (Lipinski definition) is 4. The van der Waals surface area contributed by atoms with Crippen LogP contribution in [-0.2, 0) is 0 Å². The quantitative estimate of drug-likeness (QED) is 0.556. The summed E-state index contributed by atoms with van der Waals surface area (Å²) >= 11 is 0. The Hall–Kier alpha value is -3.47. The number of carbonyl (C=O) groups excluding carboxylic acids is 1. The van der Waals surface area contributed by atoms with Crippen molar-refractivity contribution in [2.24, 2.45) is 0 Å². The molecule has 0 spiro atoms. The molecule has 5 nitrogen and oxygen atoms in total. The normalized spacial score (nSPS) is 10.9. The van der Waals surface area contributed by atoms with E-state index in [1.165, 1.54) is 0 Å². The largest absolute Gasteiger partial charge is 0.434 e. The van der Waals surface area contributed by atoms with Crippen LogP contribution in [0.15, 0.2) is 59.1 Å². The van der Waals surface area contributed by atoms with Crippen LogP contribution < -0.4 is 5.32 Å². The molecule has 2 aromatic carbocycles. The molecule has 4 aromatic rings. The number of aromatic nitrogens is 2. The molecule has 134 valence electrons. The van der Waals surface area contributed by atoms with E-state index in [0.29, 0.717) is 22.7 Å². The van der Waals surface area contributed by atoms with Gasteiger partial charge in [-0.1, -0.05) is 12.1 Å². The van der Waals surface area contributed by atoms with Gasteiger partial charge in [0.15, 0.2) is 11.2 Å². The second-order valence-corrected chi connectivity index (χ2v) is 6.63. The first kappa shape index (κ1) is 17.0. The highest BCUT2D eigenvalue weighted by molar-refractivity contribution is 6.05. The summed E-state index contributed by atoms with van der Waals surface area (Å²) in [5.41, 5.74) is 6.56. The van der Waals surface area contributed by atoms with Crippen molar-refractivity contribution in [2.75, 3.05) is 5.32 Å². The molecule has 2 aromatic heterocycles. The lowest BCUT2D eigenvalue weighted by Gasteiger charge is -2.10. The molecule has 2 heterocycles. The molecule has 0 fully saturated rings. The van der Waals surface area contributed by atoms with Crippen molar-refractivity contribution in [1.82, 2.24) is 9.97 Å². The fraction of sp³-hybridized carbons (Fsp3) is 0.136. The van der Waals surface area contributed by atoms with Crippen molar-refractivity contribution in [3.05, 3.63) is 77.0 Å². The molecule has 5 heteroatoms. The summed E-state index contributed by atoms with van der Waals surface area (Å²) < 4.78 is 5.78. The first-order chi connectivity index (χ1) is 13.0. The number of nitrogens with zero attached hydrogens (tertiary/aromatic N) is 2. The maximum Gasteiger partial charge on any atom is 0.255 e. The minimum atomic E-state index is -0.141. The minimum absolute atomic E-state index is 0.141. The van der Waals surface area contributed by atoms with Crippen LogP contribution in [0.5, 0.6) is 0 Å². The summed E-state index contributed by atoms with van der Waals surface area (Å²) in [6.07, 6.45) is 1.68. The number of fused-ring (bicyclic) bond motifs is 1. The molecule has 0 aliphatic carbocycles. The molecular weight excluding hydrogens is 338 g/mol. The predicted octanol–water partition coefficient (Wildman–Crippen LogP) is 5.07. The van der Waals surface area contributed by atoms with Gasteiger partial charge in [0.2, 0.25) is 5.89 Å². The van der Waals surface area contributed by atoms with Gasteiger partial charge in [-0.25, -0.2) is 4.98 Å². The molecule has 0 unspecified atom stereocenters. The SMILES string of the molecule is Cc1ccc(C(=O)Nc2cc(-c3nc4ncccc4o3)ccc2C)cc1C. The number of oxazole rings is 1. The van der Waals surface area contributed by atoms with Gasteiger partial charge >= 0.3 is 0 Å². The lowest BCUT2D eigenvalue weighted by Crippen LogP contribution is -2.13. The summed E-state index contributed by atoms with van der Waals surface area (Å²) in [7, 11) is 0. The minimum Gasteiger partial charge on any atom is -0.434 e. The Morgan fingerprint density at radius 2 is 1.78 bits per heavy atom. The number of carbonyl (C=O) groups is 1. The van der Waals surface area contributed by atoms with Crippen LogP contribution in [-0.4, -0.2) is 15.9 Å². The Bertz CT molecular complexity index is 1130. The lowest BCUT2D eigenvalue weighted by atomic mass is 10.1. The number of aryl methyl sites for hydroxylation is 3. The van der Waals surface area contributed by atoms with E-state index in [1.54, 1.807) is 6.20 Å². The van der Waals surface area contributed by atoms with Crippen molar-refractivity contribution >= 4 is 22.8 Å². The zero-order valence-electron chi connectivity index (χ0n) is 15.4. The van der Waals surface area contributed by atoms with Gasteiger partial charge in [-0.3, -0.25) is 4.79 Å². The Morgan fingerprint density at radius 1 is 0.963 bits per heavy atom. The van der Waals surface area contributed by atoms with Crippen molar-refractivity contribution < 1.29 is 9.21 Å². The monoisotopic (exact) mass is 357 g/mol. The van der Waals surface area contributed by atoms with E-state index < -0.39 is 0 Å². The van der Waals surface area contributed by atoms with Crippen LogP contribution in [0.4, 0.5) is 5.69 Å². The molecule has 0 saturated heterocycles. The van der Waals surface area contributed by atoms with E-state index in [1.807, 2.05) is 69.3 Å². The van der Waals surface area contributed by atoms with Crippen LogP contribution in [0.3, 0.4) is 0 Å². The number of anilines is 1. The van der Waals surface area contributed by atoms with Gasteiger partial charge in [-0.05, 0) is 73.9 Å². The van der Waals surface area contributed by atoms with E-state index in [-0.39, 0.29) is 5.91 Å². The second-order valence-electron chi connectivity index (χ2n) is 6.63. The molecule has 0 saturated carbocycles. The molecular formula is C22H19N3O2. The third-order valence-electron chi connectivity index (χ3n) is 4.67. The predicted molar refractivity (Wildman–Crippen MR) is 106 cm³/mol. The van der Waals surface area contributed by atoms with Crippen molar-refractivity contribution in [3.8, 4) is 11.5 Å². The Kier molecular flexibility index (Phi) is 4.20.